The normalized spacial score (nSPS) is 15.0. The number of halogens is 2. The SMILES string of the molecule is C=CCCOC(=O)c1c(NC(=O)NCc2c(C(F)(F)C(=C)C)sc3c2CCNC3)sc2c1CCCC2. The minimum absolute atomic E-state index is 0.0416. The number of carbonyl (C=O) groups is 2. The summed E-state index contributed by atoms with van der Waals surface area (Å²) in [6.45, 7) is 9.83. The van der Waals surface area contributed by atoms with Crippen molar-refractivity contribution >= 4 is 39.7 Å². The Morgan fingerprint density at radius 1 is 1.17 bits per heavy atom. The van der Waals surface area contributed by atoms with Crippen molar-refractivity contribution in [1.29, 1.82) is 0 Å². The Morgan fingerprint density at radius 2 is 1.94 bits per heavy atom. The fourth-order valence-electron chi connectivity index (χ4n) is 4.53. The molecular weight excluding hydrogens is 504 g/mol. The molecule has 2 amide bonds. The molecule has 3 N–H and O–H groups in total. The number of thiophene rings is 2. The zero-order valence-corrected chi connectivity index (χ0v) is 22.0. The summed E-state index contributed by atoms with van der Waals surface area (Å²) >= 11 is 2.46. The van der Waals surface area contributed by atoms with Crippen LogP contribution < -0.4 is 16.0 Å². The van der Waals surface area contributed by atoms with E-state index in [4.69, 9.17) is 4.74 Å². The van der Waals surface area contributed by atoms with Crippen LogP contribution >= 0.6 is 22.7 Å². The second kappa shape index (κ2) is 11.2. The van der Waals surface area contributed by atoms with E-state index in [1.54, 1.807) is 6.08 Å². The number of rotatable bonds is 9. The third-order valence-corrected chi connectivity index (χ3v) is 8.99. The molecule has 4 rings (SSSR count). The van der Waals surface area contributed by atoms with E-state index in [2.05, 4.69) is 29.1 Å². The molecule has 0 unspecified atom stereocenters. The third-order valence-electron chi connectivity index (χ3n) is 6.44. The molecule has 1 aliphatic heterocycles. The van der Waals surface area contributed by atoms with Gasteiger partial charge in [-0.15, -0.1) is 29.3 Å². The van der Waals surface area contributed by atoms with E-state index in [0.717, 1.165) is 57.9 Å². The number of nitrogens with one attached hydrogen (secondary N) is 3. The molecule has 1 aliphatic carbocycles. The molecule has 0 bridgehead atoms. The summed E-state index contributed by atoms with van der Waals surface area (Å²) in [6.07, 6.45) is 6.45. The van der Waals surface area contributed by atoms with Gasteiger partial charge in [-0.05, 0) is 74.3 Å². The van der Waals surface area contributed by atoms with E-state index in [0.29, 0.717) is 42.1 Å². The Balaban J connectivity index is 1.54. The van der Waals surface area contributed by atoms with Gasteiger partial charge >= 0.3 is 17.9 Å². The van der Waals surface area contributed by atoms with Crippen LogP contribution in [0.1, 0.15) is 67.9 Å². The smallest absolute Gasteiger partial charge is 0.341 e. The van der Waals surface area contributed by atoms with Crippen molar-refractivity contribution in [2.45, 2.75) is 64.5 Å². The molecule has 0 fully saturated rings. The number of fused-ring (bicyclic) bond motifs is 2. The lowest BCUT2D eigenvalue weighted by atomic mass is 9.95. The maximum atomic E-state index is 15.0. The van der Waals surface area contributed by atoms with Crippen molar-refractivity contribution in [1.82, 2.24) is 10.6 Å². The summed E-state index contributed by atoms with van der Waals surface area (Å²) in [5.74, 6) is -3.64. The van der Waals surface area contributed by atoms with E-state index >= 15 is 8.78 Å². The van der Waals surface area contributed by atoms with Crippen LogP contribution in [0.4, 0.5) is 18.6 Å². The number of esters is 1. The van der Waals surface area contributed by atoms with Crippen LogP contribution in [0, 0.1) is 0 Å². The first-order chi connectivity index (χ1) is 17.2. The predicted octanol–water partition coefficient (Wildman–Crippen LogP) is 6.06. The predicted molar refractivity (Wildman–Crippen MR) is 140 cm³/mol. The molecule has 0 aromatic carbocycles. The highest BCUT2D eigenvalue weighted by atomic mass is 32.1. The molecule has 2 aromatic rings. The molecule has 194 valence electrons. The van der Waals surface area contributed by atoms with Crippen LogP contribution in [0.25, 0.3) is 0 Å². The van der Waals surface area contributed by atoms with Crippen LogP contribution in [0.3, 0.4) is 0 Å². The number of alkyl halides is 2. The lowest BCUT2D eigenvalue weighted by Gasteiger charge is -2.19. The maximum absolute atomic E-state index is 15.0. The molecule has 6 nitrogen and oxygen atoms in total. The molecule has 0 saturated carbocycles. The van der Waals surface area contributed by atoms with E-state index in [1.165, 1.54) is 18.3 Å². The second-order valence-corrected chi connectivity index (χ2v) is 11.2. The summed E-state index contributed by atoms with van der Waals surface area (Å²) in [5, 5.41) is 9.20. The molecule has 0 radical (unpaired) electrons. The molecule has 2 aromatic heterocycles. The van der Waals surface area contributed by atoms with Gasteiger partial charge in [0.05, 0.1) is 17.0 Å². The average molecular weight is 536 g/mol. The lowest BCUT2D eigenvalue weighted by Crippen LogP contribution is -2.30. The average Bonchev–Trinajstić information content (AvgIpc) is 3.41. The van der Waals surface area contributed by atoms with Gasteiger partial charge < -0.3 is 15.4 Å². The highest BCUT2D eigenvalue weighted by Gasteiger charge is 2.39. The van der Waals surface area contributed by atoms with Crippen molar-refractivity contribution in [3.8, 4) is 0 Å². The number of carbonyl (C=O) groups excluding carboxylic acids is 2. The first-order valence-corrected chi connectivity index (χ1v) is 13.7. The highest BCUT2D eigenvalue weighted by molar-refractivity contribution is 7.17. The Hall–Kier alpha value is -2.56. The van der Waals surface area contributed by atoms with Gasteiger partial charge in [0.15, 0.2) is 0 Å². The summed E-state index contributed by atoms with van der Waals surface area (Å²) in [5.41, 5.74) is 2.43. The minimum atomic E-state index is -3.18. The van der Waals surface area contributed by atoms with E-state index in [1.807, 2.05) is 0 Å². The fourth-order valence-corrected chi connectivity index (χ4v) is 7.19. The topological polar surface area (TPSA) is 79.5 Å². The summed E-state index contributed by atoms with van der Waals surface area (Å²) in [7, 11) is 0. The van der Waals surface area contributed by atoms with Crippen molar-refractivity contribution < 1.29 is 23.1 Å². The van der Waals surface area contributed by atoms with Crippen molar-refractivity contribution in [2.24, 2.45) is 0 Å². The number of urea groups is 1. The quantitative estimate of drug-likeness (QED) is 0.207. The standard InChI is InChI=1S/C26H31F2N3O3S2/c1-4-5-12-34-24(32)21-17-8-6-7-9-19(17)36-23(21)31-25(33)30-13-18-16-10-11-29-14-20(16)35-22(18)26(27,28)15(2)3/h4,29H,1-2,5-14H2,3H3,(H2,30,31,33). The fraction of sp³-hybridized carbons (Fsp3) is 0.462. The highest BCUT2D eigenvalue weighted by Crippen LogP contribution is 2.44. The molecular formula is C26H31F2N3O3S2. The Bertz CT molecular complexity index is 1190. The molecule has 0 saturated heterocycles. The first-order valence-electron chi connectivity index (χ1n) is 12.1. The number of hydrogen-bond acceptors (Lipinski definition) is 6. The second-order valence-electron chi connectivity index (χ2n) is 9.03. The van der Waals surface area contributed by atoms with Crippen molar-refractivity contribution in [3.63, 3.8) is 0 Å². The van der Waals surface area contributed by atoms with E-state index < -0.39 is 17.9 Å². The molecule has 36 heavy (non-hydrogen) atoms. The van der Waals surface area contributed by atoms with Crippen LogP contribution in [0.2, 0.25) is 0 Å². The van der Waals surface area contributed by atoms with E-state index in [9.17, 15) is 9.59 Å². The Kier molecular flexibility index (Phi) is 8.27. The number of allylic oxidation sites excluding steroid dienone is 1. The number of amides is 2. The maximum Gasteiger partial charge on any atom is 0.341 e. The first kappa shape index (κ1) is 26.5. The third kappa shape index (κ3) is 5.40. The van der Waals surface area contributed by atoms with Crippen LogP contribution in [-0.2, 0) is 43.0 Å². The summed E-state index contributed by atoms with van der Waals surface area (Å²) in [6, 6.07) is -0.549. The number of hydrogen-bond donors (Lipinski definition) is 3. The van der Waals surface area contributed by atoms with Crippen molar-refractivity contribution in [2.75, 3.05) is 18.5 Å². The molecule has 10 heteroatoms. The van der Waals surface area contributed by atoms with Gasteiger partial charge in [0.1, 0.15) is 5.00 Å². The number of aryl methyl sites for hydroxylation is 1. The summed E-state index contributed by atoms with van der Waals surface area (Å²) < 4.78 is 35.4. The zero-order valence-electron chi connectivity index (χ0n) is 20.4. The van der Waals surface area contributed by atoms with Crippen LogP contribution in [-0.4, -0.2) is 25.2 Å². The van der Waals surface area contributed by atoms with Crippen LogP contribution in [0.15, 0.2) is 24.8 Å². The lowest BCUT2D eigenvalue weighted by molar-refractivity contribution is 0.0415. The van der Waals surface area contributed by atoms with Gasteiger partial charge in [-0.2, -0.15) is 8.78 Å². The molecule has 3 heterocycles. The van der Waals surface area contributed by atoms with Gasteiger partial charge in [0.25, 0.3) is 0 Å². The Morgan fingerprint density at radius 3 is 2.69 bits per heavy atom. The van der Waals surface area contributed by atoms with Gasteiger partial charge in [0, 0.05) is 22.8 Å². The van der Waals surface area contributed by atoms with Crippen LogP contribution in [0.5, 0.6) is 0 Å². The van der Waals surface area contributed by atoms with Gasteiger partial charge in [-0.3, -0.25) is 5.32 Å². The molecule has 0 spiro atoms. The van der Waals surface area contributed by atoms with Gasteiger partial charge in [-0.1, -0.05) is 12.7 Å². The Labute approximate surface area is 217 Å². The van der Waals surface area contributed by atoms with E-state index in [-0.39, 0.29) is 23.6 Å². The largest absolute Gasteiger partial charge is 0.462 e. The zero-order chi connectivity index (χ0) is 25.9. The van der Waals surface area contributed by atoms with Gasteiger partial charge in [0.2, 0.25) is 0 Å². The minimum Gasteiger partial charge on any atom is -0.462 e. The number of ether oxygens (including phenoxy) is 1. The number of anilines is 1. The summed E-state index contributed by atoms with van der Waals surface area (Å²) in [4.78, 5) is 27.7. The van der Waals surface area contributed by atoms with Crippen molar-refractivity contribution in [3.05, 3.63) is 61.7 Å². The molecule has 0 atom stereocenters. The van der Waals surface area contributed by atoms with Gasteiger partial charge in [-0.25, -0.2) is 9.59 Å². The monoisotopic (exact) mass is 535 g/mol. The molecule has 2 aliphatic rings.